The van der Waals surface area contributed by atoms with Crippen LogP contribution < -0.4 is 10.6 Å². The molecule has 3 saturated heterocycles. The van der Waals surface area contributed by atoms with E-state index < -0.39 is 29.1 Å². The average molecular weight is 492 g/mol. The van der Waals surface area contributed by atoms with Crippen LogP contribution in [0.4, 0.5) is 18.9 Å². The Morgan fingerprint density at radius 2 is 1.86 bits per heavy atom. The first-order chi connectivity index (χ1) is 16.6. The lowest BCUT2D eigenvalue weighted by Gasteiger charge is -2.36. The first-order valence-corrected chi connectivity index (χ1v) is 11.8. The van der Waals surface area contributed by atoms with Crippen molar-refractivity contribution >= 4 is 23.4 Å². The van der Waals surface area contributed by atoms with E-state index in [1.165, 1.54) is 6.07 Å². The van der Waals surface area contributed by atoms with Gasteiger partial charge in [-0.2, -0.15) is 18.4 Å². The Balaban J connectivity index is 1.42. The topological polar surface area (TPSA) is 111 Å². The van der Waals surface area contributed by atoms with Crippen LogP contribution in [0, 0.1) is 29.1 Å². The van der Waals surface area contributed by atoms with Crippen molar-refractivity contribution in [2.24, 2.45) is 23.5 Å². The molecule has 3 heterocycles. The van der Waals surface area contributed by atoms with Gasteiger partial charge >= 0.3 is 6.18 Å². The van der Waals surface area contributed by atoms with Crippen LogP contribution >= 0.6 is 0 Å². The van der Waals surface area contributed by atoms with E-state index in [4.69, 9.17) is 11.0 Å². The summed E-state index contributed by atoms with van der Waals surface area (Å²) in [4.78, 5) is 41.7. The minimum Gasteiger partial charge on any atom is -0.370 e. The number of rotatable bonds is 5. The number of benzene rings is 1. The van der Waals surface area contributed by atoms with Crippen LogP contribution in [0.5, 0.6) is 0 Å². The highest BCUT2D eigenvalue weighted by atomic mass is 19.4. The van der Waals surface area contributed by atoms with Crippen molar-refractivity contribution in [2.75, 3.05) is 44.2 Å². The van der Waals surface area contributed by atoms with E-state index in [0.29, 0.717) is 51.1 Å². The highest BCUT2D eigenvalue weighted by Gasteiger charge is 2.43. The summed E-state index contributed by atoms with van der Waals surface area (Å²) in [7, 11) is 0. The number of halogens is 3. The zero-order valence-electron chi connectivity index (χ0n) is 19.3. The average Bonchev–Trinajstić information content (AvgIpc) is 3.45. The van der Waals surface area contributed by atoms with Crippen LogP contribution in [0.3, 0.4) is 0 Å². The lowest BCUT2D eigenvalue weighted by Crippen LogP contribution is -2.46. The number of amides is 3. The molecule has 4 rings (SSSR count). The summed E-state index contributed by atoms with van der Waals surface area (Å²) in [5.74, 6) is -1.15. The number of carbonyl (C=O) groups excluding carboxylic acids is 3. The zero-order chi connectivity index (χ0) is 25.3. The summed E-state index contributed by atoms with van der Waals surface area (Å²) in [5.41, 5.74) is 4.52. The van der Waals surface area contributed by atoms with Crippen molar-refractivity contribution in [3.63, 3.8) is 0 Å². The van der Waals surface area contributed by atoms with E-state index in [1.54, 1.807) is 20.8 Å². The van der Waals surface area contributed by atoms with E-state index in [2.05, 4.69) is 0 Å². The molecule has 0 bridgehead atoms. The number of alkyl halides is 3. The fraction of sp³-hybridized carbons (Fsp3) is 0.583. The smallest absolute Gasteiger partial charge is 0.370 e. The van der Waals surface area contributed by atoms with E-state index >= 15 is 0 Å². The molecule has 3 aliphatic rings. The Bertz CT molecular complexity index is 1050. The molecule has 11 heteroatoms. The summed E-state index contributed by atoms with van der Waals surface area (Å²) in [5, 5.41) is 9.05. The number of carbonyl (C=O) groups is 3. The monoisotopic (exact) mass is 491 g/mol. The minimum atomic E-state index is -4.66. The van der Waals surface area contributed by atoms with Crippen LogP contribution in [0.1, 0.15) is 36.8 Å². The van der Waals surface area contributed by atoms with Gasteiger partial charge in [0.2, 0.25) is 17.7 Å². The molecular weight excluding hydrogens is 463 g/mol. The van der Waals surface area contributed by atoms with Gasteiger partial charge in [-0.1, -0.05) is 0 Å². The number of likely N-dealkylation sites (tertiary alicyclic amines) is 2. The molecule has 0 unspecified atom stereocenters. The predicted octanol–water partition coefficient (Wildman–Crippen LogP) is 1.98. The third kappa shape index (κ3) is 5.21. The second kappa shape index (κ2) is 9.76. The number of nitrogens with two attached hydrogens (primary N) is 1. The molecule has 2 N–H and O–H groups in total. The van der Waals surface area contributed by atoms with Crippen LogP contribution in [0.25, 0.3) is 0 Å². The van der Waals surface area contributed by atoms with Gasteiger partial charge in [-0.3, -0.25) is 14.4 Å². The quantitative estimate of drug-likeness (QED) is 0.677. The number of nitrogens with zero attached hydrogens (tertiary/aromatic N) is 4. The summed E-state index contributed by atoms with van der Waals surface area (Å²) in [6, 6.07) is 5.16. The molecule has 188 valence electrons. The number of hydrogen-bond acceptors (Lipinski definition) is 5. The standard InChI is InChI=1S/C24H28F3N5O3/c25-24(26,27)20-10-17(4-3-16(20)11-28)32-12-18(19(13-32)23(29)35)15-5-8-30(9-6-15)22(34)14-31-7-1-2-21(31)33/h3-4,10,15,18-19H,1-2,5-9,12-14H2,(H2,29,35)/t18-,19+/m0/s1. The van der Waals surface area contributed by atoms with E-state index in [0.717, 1.165) is 18.6 Å². The summed E-state index contributed by atoms with van der Waals surface area (Å²) in [6.45, 7) is 2.28. The summed E-state index contributed by atoms with van der Waals surface area (Å²) >= 11 is 0. The van der Waals surface area contributed by atoms with Crippen molar-refractivity contribution in [1.29, 1.82) is 5.26 Å². The molecule has 0 aromatic heterocycles. The first-order valence-electron chi connectivity index (χ1n) is 11.8. The second-order valence-corrected chi connectivity index (χ2v) is 9.55. The maximum absolute atomic E-state index is 13.4. The molecular formula is C24H28F3N5O3. The van der Waals surface area contributed by atoms with Crippen molar-refractivity contribution < 1.29 is 27.6 Å². The number of anilines is 1. The van der Waals surface area contributed by atoms with Crippen molar-refractivity contribution in [1.82, 2.24) is 9.80 Å². The normalized spacial score (nSPS) is 23.6. The van der Waals surface area contributed by atoms with Crippen molar-refractivity contribution in [3.05, 3.63) is 29.3 Å². The van der Waals surface area contributed by atoms with Crippen LogP contribution in [-0.2, 0) is 20.6 Å². The lowest BCUT2D eigenvalue weighted by atomic mass is 9.78. The predicted molar refractivity (Wildman–Crippen MR) is 120 cm³/mol. The molecule has 35 heavy (non-hydrogen) atoms. The van der Waals surface area contributed by atoms with Gasteiger partial charge in [0.15, 0.2) is 0 Å². The van der Waals surface area contributed by atoms with E-state index in [9.17, 15) is 27.6 Å². The van der Waals surface area contributed by atoms with Crippen LogP contribution in [0.15, 0.2) is 18.2 Å². The van der Waals surface area contributed by atoms with Gasteiger partial charge in [-0.05, 0) is 49.3 Å². The van der Waals surface area contributed by atoms with Gasteiger partial charge in [0.25, 0.3) is 0 Å². The molecule has 3 aliphatic heterocycles. The van der Waals surface area contributed by atoms with Crippen molar-refractivity contribution in [3.8, 4) is 6.07 Å². The molecule has 2 atom stereocenters. The Labute approximate surface area is 201 Å². The second-order valence-electron chi connectivity index (χ2n) is 9.55. The Morgan fingerprint density at radius 1 is 1.14 bits per heavy atom. The molecule has 3 amide bonds. The molecule has 1 aromatic rings. The molecule has 0 aliphatic carbocycles. The zero-order valence-corrected chi connectivity index (χ0v) is 19.3. The van der Waals surface area contributed by atoms with Gasteiger partial charge in [0, 0.05) is 44.8 Å². The Kier molecular flexibility index (Phi) is 6.92. The molecule has 0 saturated carbocycles. The van der Waals surface area contributed by atoms with Crippen LogP contribution in [0.2, 0.25) is 0 Å². The fourth-order valence-corrected chi connectivity index (χ4v) is 5.59. The highest BCUT2D eigenvalue weighted by molar-refractivity contribution is 5.86. The number of hydrogen-bond donors (Lipinski definition) is 1. The minimum absolute atomic E-state index is 0.0000612. The van der Waals surface area contributed by atoms with Gasteiger partial charge in [-0.15, -0.1) is 0 Å². The number of piperidine rings is 1. The Morgan fingerprint density at radius 3 is 2.43 bits per heavy atom. The summed E-state index contributed by atoms with van der Waals surface area (Å²) in [6.07, 6.45) is -2.11. The first kappa shape index (κ1) is 24.8. The third-order valence-corrected chi connectivity index (χ3v) is 7.52. The SMILES string of the molecule is N#Cc1ccc(N2C[C@@H](C(N)=O)[C@H](C3CCN(C(=O)CN4CCCC4=O)CC3)C2)cc1C(F)(F)F. The largest absolute Gasteiger partial charge is 0.417 e. The number of primary amides is 1. The molecule has 1 aromatic carbocycles. The van der Waals surface area contributed by atoms with E-state index in [1.807, 2.05) is 0 Å². The number of nitriles is 1. The van der Waals surface area contributed by atoms with Gasteiger partial charge in [0.05, 0.1) is 29.7 Å². The molecule has 0 radical (unpaired) electrons. The maximum Gasteiger partial charge on any atom is 0.417 e. The maximum atomic E-state index is 13.4. The van der Waals surface area contributed by atoms with Crippen molar-refractivity contribution in [2.45, 2.75) is 31.9 Å². The lowest BCUT2D eigenvalue weighted by molar-refractivity contribution is -0.139. The fourth-order valence-electron chi connectivity index (χ4n) is 5.59. The highest BCUT2D eigenvalue weighted by Crippen LogP contribution is 2.40. The van der Waals surface area contributed by atoms with E-state index in [-0.39, 0.29) is 36.7 Å². The Hall–Kier alpha value is -3.29. The molecule has 3 fully saturated rings. The third-order valence-electron chi connectivity index (χ3n) is 7.52. The van der Waals surface area contributed by atoms with Gasteiger partial charge in [-0.25, -0.2) is 0 Å². The van der Waals surface area contributed by atoms with Gasteiger partial charge < -0.3 is 20.4 Å². The molecule has 8 nitrogen and oxygen atoms in total. The molecule has 0 spiro atoms. The summed E-state index contributed by atoms with van der Waals surface area (Å²) < 4.78 is 40.3. The van der Waals surface area contributed by atoms with Crippen LogP contribution in [-0.4, -0.2) is 66.8 Å². The van der Waals surface area contributed by atoms with Gasteiger partial charge in [0.1, 0.15) is 0 Å².